The van der Waals surface area contributed by atoms with Crippen LogP contribution in [0.3, 0.4) is 0 Å². The lowest BCUT2D eigenvalue weighted by Gasteiger charge is -2.43. The zero-order chi connectivity index (χ0) is 13.9. The van der Waals surface area contributed by atoms with Gasteiger partial charge in [-0.1, -0.05) is 25.4 Å². The number of piperazine rings is 1. The van der Waals surface area contributed by atoms with Gasteiger partial charge in [-0.05, 0) is 31.0 Å². The first kappa shape index (κ1) is 14.8. The molecule has 1 N–H and O–H groups in total. The highest BCUT2D eigenvalue weighted by Crippen LogP contribution is 2.23. The molecule has 1 aromatic rings. The summed E-state index contributed by atoms with van der Waals surface area (Å²) < 4.78 is 13.8. The predicted octanol–water partition coefficient (Wildman–Crippen LogP) is 3.44. The van der Waals surface area contributed by atoms with Gasteiger partial charge in [-0.3, -0.25) is 4.90 Å². The van der Waals surface area contributed by atoms with Gasteiger partial charge in [0.2, 0.25) is 0 Å². The van der Waals surface area contributed by atoms with Crippen LogP contribution in [0.15, 0.2) is 18.2 Å². The lowest BCUT2D eigenvalue weighted by atomic mass is 9.90. The van der Waals surface area contributed by atoms with Crippen molar-refractivity contribution in [3.05, 3.63) is 34.6 Å². The minimum absolute atomic E-state index is 0.165. The summed E-state index contributed by atoms with van der Waals surface area (Å²) >= 11 is 5.95. The summed E-state index contributed by atoms with van der Waals surface area (Å²) in [5.74, 6) is -0.165. The van der Waals surface area contributed by atoms with E-state index in [2.05, 4.69) is 24.1 Å². The third kappa shape index (κ3) is 3.47. The summed E-state index contributed by atoms with van der Waals surface area (Å²) in [5.41, 5.74) is 0.864. The maximum absolute atomic E-state index is 13.8. The maximum atomic E-state index is 13.8. The highest BCUT2D eigenvalue weighted by atomic mass is 35.5. The third-order valence-electron chi connectivity index (χ3n) is 4.21. The molecule has 0 aliphatic carbocycles. The van der Waals surface area contributed by atoms with Gasteiger partial charge in [0.15, 0.2) is 0 Å². The Morgan fingerprint density at radius 1 is 1.37 bits per heavy atom. The summed E-state index contributed by atoms with van der Waals surface area (Å²) in [4.78, 5) is 2.32. The zero-order valence-corrected chi connectivity index (χ0v) is 12.4. The smallest absolute Gasteiger partial charge is 0.127 e. The molecule has 0 amide bonds. The topological polar surface area (TPSA) is 15.3 Å². The van der Waals surface area contributed by atoms with Gasteiger partial charge in [0.05, 0.1) is 0 Å². The summed E-state index contributed by atoms with van der Waals surface area (Å²) in [6.07, 6.45) is 2.19. The van der Waals surface area contributed by atoms with Gasteiger partial charge in [-0.2, -0.15) is 0 Å². The highest BCUT2D eigenvalue weighted by molar-refractivity contribution is 6.30. The number of nitrogens with zero attached hydrogens (tertiary/aromatic N) is 1. The fourth-order valence-electron chi connectivity index (χ4n) is 2.81. The Balaban J connectivity index is 2.08. The molecule has 0 atom stereocenters. The van der Waals surface area contributed by atoms with Crippen LogP contribution in [0, 0.1) is 5.82 Å². The molecule has 0 radical (unpaired) electrons. The number of nitrogens with one attached hydrogen (secondary N) is 1. The molecule has 0 saturated carbocycles. The first-order chi connectivity index (χ1) is 9.08. The monoisotopic (exact) mass is 284 g/mol. The quantitative estimate of drug-likeness (QED) is 0.911. The number of benzene rings is 1. The van der Waals surface area contributed by atoms with E-state index in [0.29, 0.717) is 17.1 Å². The summed E-state index contributed by atoms with van der Waals surface area (Å²) in [5, 5.41) is 4.21. The molecule has 1 saturated heterocycles. The molecule has 0 spiro atoms. The van der Waals surface area contributed by atoms with Crippen LogP contribution in [-0.2, 0) is 6.54 Å². The zero-order valence-electron chi connectivity index (χ0n) is 11.7. The Hall–Kier alpha value is -0.640. The summed E-state index contributed by atoms with van der Waals surface area (Å²) in [7, 11) is 0. The Morgan fingerprint density at radius 3 is 2.79 bits per heavy atom. The van der Waals surface area contributed by atoms with Crippen LogP contribution in [0.5, 0.6) is 0 Å². The van der Waals surface area contributed by atoms with E-state index in [9.17, 15) is 4.39 Å². The summed E-state index contributed by atoms with van der Waals surface area (Å²) in [6, 6.07) is 4.78. The van der Waals surface area contributed by atoms with E-state index < -0.39 is 0 Å². The van der Waals surface area contributed by atoms with E-state index in [0.717, 1.165) is 32.5 Å². The van der Waals surface area contributed by atoms with Gasteiger partial charge < -0.3 is 5.32 Å². The van der Waals surface area contributed by atoms with Crippen molar-refractivity contribution in [3.8, 4) is 0 Å². The van der Waals surface area contributed by atoms with Gasteiger partial charge in [0.25, 0.3) is 0 Å². The molecule has 106 valence electrons. The number of halogens is 2. The van der Waals surface area contributed by atoms with Crippen molar-refractivity contribution in [2.75, 3.05) is 19.6 Å². The predicted molar refractivity (Wildman–Crippen MR) is 78.0 cm³/mol. The lowest BCUT2D eigenvalue weighted by molar-refractivity contribution is 0.117. The largest absolute Gasteiger partial charge is 0.309 e. The molecule has 1 aliphatic heterocycles. The average Bonchev–Trinajstić information content (AvgIpc) is 2.43. The lowest BCUT2D eigenvalue weighted by Crippen LogP contribution is -2.59. The molecule has 1 aromatic carbocycles. The fourth-order valence-corrected chi connectivity index (χ4v) is 3.00. The van der Waals surface area contributed by atoms with Crippen LogP contribution >= 0.6 is 11.6 Å². The Bertz CT molecular complexity index is 432. The van der Waals surface area contributed by atoms with Crippen LogP contribution in [0.4, 0.5) is 4.39 Å². The van der Waals surface area contributed by atoms with Crippen LogP contribution in [0.2, 0.25) is 5.02 Å². The molecule has 1 heterocycles. The Labute approximate surface area is 119 Å². The molecule has 2 rings (SSSR count). The van der Waals surface area contributed by atoms with E-state index in [4.69, 9.17) is 11.6 Å². The molecule has 1 fully saturated rings. The van der Waals surface area contributed by atoms with Crippen molar-refractivity contribution in [1.82, 2.24) is 10.2 Å². The SMILES string of the molecule is CCC1(CC)CN(Cc2cc(Cl)ccc2F)CCN1. The van der Waals surface area contributed by atoms with E-state index in [-0.39, 0.29) is 11.4 Å². The normalized spacial score (nSPS) is 19.6. The van der Waals surface area contributed by atoms with Gasteiger partial charge in [0.1, 0.15) is 5.82 Å². The average molecular weight is 285 g/mol. The van der Waals surface area contributed by atoms with Gasteiger partial charge in [0, 0.05) is 42.3 Å². The molecular formula is C15H22ClFN2. The Kier molecular flexibility index (Phi) is 4.82. The van der Waals surface area contributed by atoms with Crippen LogP contribution < -0.4 is 5.32 Å². The minimum Gasteiger partial charge on any atom is -0.309 e. The molecule has 4 heteroatoms. The molecule has 2 nitrogen and oxygen atoms in total. The van der Waals surface area contributed by atoms with Crippen LogP contribution in [0.1, 0.15) is 32.3 Å². The second-order valence-corrected chi connectivity index (χ2v) is 5.80. The first-order valence-corrected chi connectivity index (χ1v) is 7.37. The van der Waals surface area contributed by atoms with Gasteiger partial charge in [-0.15, -0.1) is 0 Å². The van der Waals surface area contributed by atoms with Crippen LogP contribution in [0.25, 0.3) is 0 Å². The second-order valence-electron chi connectivity index (χ2n) is 5.36. The fraction of sp³-hybridized carbons (Fsp3) is 0.600. The third-order valence-corrected chi connectivity index (χ3v) is 4.44. The van der Waals surface area contributed by atoms with E-state index in [1.807, 2.05) is 0 Å². The van der Waals surface area contributed by atoms with Gasteiger partial charge >= 0.3 is 0 Å². The standard InChI is InChI=1S/C15H22ClFN2/c1-3-15(4-2)11-19(8-7-18-15)10-12-9-13(16)5-6-14(12)17/h5-6,9,18H,3-4,7-8,10-11H2,1-2H3. The highest BCUT2D eigenvalue weighted by Gasteiger charge is 2.31. The number of rotatable bonds is 4. The van der Waals surface area contributed by atoms with Crippen molar-refractivity contribution in [2.45, 2.75) is 38.8 Å². The van der Waals surface area contributed by atoms with E-state index >= 15 is 0 Å². The number of hydrogen-bond acceptors (Lipinski definition) is 2. The van der Waals surface area contributed by atoms with Crippen molar-refractivity contribution < 1.29 is 4.39 Å². The van der Waals surface area contributed by atoms with Gasteiger partial charge in [-0.25, -0.2) is 4.39 Å². The maximum Gasteiger partial charge on any atom is 0.127 e. The summed E-state index contributed by atoms with van der Waals surface area (Å²) in [6.45, 7) is 7.93. The molecule has 1 aliphatic rings. The number of hydrogen-bond donors (Lipinski definition) is 1. The second kappa shape index (κ2) is 6.21. The first-order valence-electron chi connectivity index (χ1n) is 7.00. The minimum atomic E-state index is -0.165. The Morgan fingerprint density at radius 2 is 2.11 bits per heavy atom. The molecule has 0 bridgehead atoms. The van der Waals surface area contributed by atoms with Crippen molar-refractivity contribution in [1.29, 1.82) is 0 Å². The molecular weight excluding hydrogens is 263 g/mol. The van der Waals surface area contributed by atoms with Crippen molar-refractivity contribution >= 4 is 11.6 Å². The molecule has 0 unspecified atom stereocenters. The van der Waals surface area contributed by atoms with Crippen molar-refractivity contribution in [3.63, 3.8) is 0 Å². The van der Waals surface area contributed by atoms with Crippen molar-refractivity contribution in [2.24, 2.45) is 0 Å². The van der Waals surface area contributed by atoms with Crippen LogP contribution in [-0.4, -0.2) is 30.1 Å². The molecule has 19 heavy (non-hydrogen) atoms. The van der Waals surface area contributed by atoms with E-state index in [1.54, 1.807) is 12.1 Å². The van der Waals surface area contributed by atoms with E-state index in [1.165, 1.54) is 6.07 Å². The molecule has 0 aromatic heterocycles.